The summed E-state index contributed by atoms with van der Waals surface area (Å²) >= 11 is 6.72. The zero-order valence-electron chi connectivity index (χ0n) is 13.5. The van der Waals surface area contributed by atoms with Crippen molar-refractivity contribution in [2.75, 3.05) is 6.54 Å². The average molecular weight is 326 g/mol. The van der Waals surface area contributed by atoms with Gasteiger partial charge in [-0.3, -0.25) is 0 Å². The van der Waals surface area contributed by atoms with E-state index in [-0.39, 0.29) is 4.85 Å². The van der Waals surface area contributed by atoms with Crippen LogP contribution in [-0.2, 0) is 4.43 Å². The molecule has 0 rings (SSSR count). The standard InChI is InChI=1S/C12H32ClNOSi3/c1-12(16(2,3)4,17(5,6)7)15-18(8,13)11-9-10-14/h9-11,14H2,1-8H3. The second-order valence-corrected chi connectivity index (χ2v) is 24.3. The lowest BCUT2D eigenvalue weighted by atomic mass is 10.5. The highest BCUT2D eigenvalue weighted by atomic mass is 35.6. The van der Waals surface area contributed by atoms with E-state index < -0.39 is 23.8 Å². The molecule has 18 heavy (non-hydrogen) atoms. The summed E-state index contributed by atoms with van der Waals surface area (Å²) in [5, 5.41) is 0. The minimum Gasteiger partial charge on any atom is -0.404 e. The van der Waals surface area contributed by atoms with E-state index in [1.165, 1.54) is 0 Å². The van der Waals surface area contributed by atoms with Crippen LogP contribution in [-0.4, -0.2) is 35.2 Å². The maximum Gasteiger partial charge on any atom is 0.286 e. The third-order valence-corrected chi connectivity index (χ3v) is 17.8. The molecule has 2 N–H and O–H groups in total. The van der Waals surface area contributed by atoms with Gasteiger partial charge in [-0.25, -0.2) is 0 Å². The fourth-order valence-corrected chi connectivity index (χ4v) is 18.2. The quantitative estimate of drug-likeness (QED) is 0.563. The van der Waals surface area contributed by atoms with Crippen molar-refractivity contribution in [1.82, 2.24) is 0 Å². The van der Waals surface area contributed by atoms with Gasteiger partial charge in [0.05, 0.1) is 16.1 Å². The number of rotatable bonds is 7. The first-order chi connectivity index (χ1) is 7.77. The van der Waals surface area contributed by atoms with E-state index >= 15 is 0 Å². The van der Waals surface area contributed by atoms with Crippen LogP contribution >= 0.6 is 11.1 Å². The molecule has 0 amide bonds. The smallest absolute Gasteiger partial charge is 0.286 e. The molecule has 1 atom stereocenters. The van der Waals surface area contributed by atoms with Crippen molar-refractivity contribution in [2.45, 2.75) is 70.1 Å². The molecule has 0 saturated carbocycles. The molecular formula is C12H32ClNOSi3. The lowest BCUT2D eigenvalue weighted by molar-refractivity contribution is 0.232. The molecule has 0 aromatic heterocycles. The largest absolute Gasteiger partial charge is 0.404 e. The van der Waals surface area contributed by atoms with Gasteiger partial charge in [0, 0.05) is 4.85 Å². The molecule has 0 bridgehead atoms. The van der Waals surface area contributed by atoms with Crippen LogP contribution in [0.2, 0.25) is 51.9 Å². The van der Waals surface area contributed by atoms with Gasteiger partial charge in [0.1, 0.15) is 0 Å². The first kappa shape index (κ1) is 18.9. The molecule has 0 radical (unpaired) electrons. The van der Waals surface area contributed by atoms with Crippen molar-refractivity contribution in [3.05, 3.63) is 0 Å². The number of nitrogens with two attached hydrogens (primary N) is 1. The van der Waals surface area contributed by atoms with E-state index in [0.717, 1.165) is 12.5 Å². The van der Waals surface area contributed by atoms with Crippen molar-refractivity contribution >= 4 is 34.9 Å². The summed E-state index contributed by atoms with van der Waals surface area (Å²) < 4.78 is 6.63. The summed E-state index contributed by atoms with van der Waals surface area (Å²) in [6.07, 6.45) is 0.972. The second-order valence-electron chi connectivity index (χ2n) is 7.63. The monoisotopic (exact) mass is 325 g/mol. The normalized spacial score (nSPS) is 17.7. The third-order valence-electron chi connectivity index (χ3n) is 4.11. The molecule has 0 aliphatic rings. The summed E-state index contributed by atoms with van der Waals surface area (Å²) in [5.41, 5.74) is 5.60. The predicted molar refractivity (Wildman–Crippen MR) is 92.1 cm³/mol. The van der Waals surface area contributed by atoms with Gasteiger partial charge in [-0.15, -0.1) is 11.1 Å². The highest BCUT2D eigenvalue weighted by Gasteiger charge is 2.53. The maximum atomic E-state index is 6.72. The van der Waals surface area contributed by atoms with Gasteiger partial charge >= 0.3 is 0 Å². The van der Waals surface area contributed by atoms with Crippen LogP contribution in [0.3, 0.4) is 0 Å². The minimum atomic E-state index is -2.12. The molecule has 0 fully saturated rings. The Bertz CT molecular complexity index is 257. The van der Waals surface area contributed by atoms with E-state index in [1.54, 1.807) is 0 Å². The summed E-state index contributed by atoms with van der Waals surface area (Å²) in [6.45, 7) is 19.5. The molecule has 110 valence electrons. The van der Waals surface area contributed by atoms with Gasteiger partial charge < -0.3 is 10.2 Å². The van der Waals surface area contributed by atoms with Crippen molar-refractivity contribution in [3.63, 3.8) is 0 Å². The van der Waals surface area contributed by atoms with Crippen LogP contribution in [0.1, 0.15) is 13.3 Å². The summed E-state index contributed by atoms with van der Waals surface area (Å²) in [7, 11) is -4.99. The predicted octanol–water partition coefficient (Wildman–Crippen LogP) is 4.18. The Morgan fingerprint density at radius 2 is 1.39 bits per heavy atom. The Kier molecular flexibility index (Phi) is 6.39. The SMILES string of the molecule is CC(O[Si](C)(Cl)CCCN)([Si](C)(C)C)[Si](C)(C)C. The highest BCUT2D eigenvalue weighted by molar-refractivity contribution is 7.17. The molecule has 0 aliphatic carbocycles. The van der Waals surface area contributed by atoms with Gasteiger partial charge in [0.15, 0.2) is 0 Å². The Balaban J connectivity index is 5.16. The van der Waals surface area contributed by atoms with Gasteiger partial charge in [-0.1, -0.05) is 39.3 Å². The fourth-order valence-electron chi connectivity index (χ4n) is 2.33. The molecule has 2 nitrogen and oxygen atoms in total. The first-order valence-corrected chi connectivity index (χ1v) is 17.5. The average Bonchev–Trinajstić information content (AvgIpc) is 2.10. The summed E-state index contributed by atoms with van der Waals surface area (Å²) in [5.74, 6) is 0. The zero-order valence-corrected chi connectivity index (χ0v) is 17.2. The van der Waals surface area contributed by atoms with Crippen LogP contribution in [0, 0.1) is 0 Å². The Morgan fingerprint density at radius 3 is 1.67 bits per heavy atom. The lowest BCUT2D eigenvalue weighted by Gasteiger charge is -2.52. The number of hydrogen-bond donors (Lipinski definition) is 1. The number of halogens is 1. The van der Waals surface area contributed by atoms with Crippen LogP contribution < -0.4 is 5.73 Å². The van der Waals surface area contributed by atoms with Gasteiger partial charge in [-0.2, -0.15) is 0 Å². The van der Waals surface area contributed by atoms with Crippen molar-refractivity contribution < 1.29 is 4.43 Å². The summed E-state index contributed by atoms with van der Waals surface area (Å²) in [4.78, 5) is 0.0251. The minimum absolute atomic E-state index is 0.0251. The lowest BCUT2D eigenvalue weighted by Crippen LogP contribution is -2.68. The second kappa shape index (κ2) is 6.10. The van der Waals surface area contributed by atoms with Gasteiger partial charge in [-0.05, 0) is 32.5 Å². The van der Waals surface area contributed by atoms with Crippen molar-refractivity contribution in [2.24, 2.45) is 5.73 Å². The van der Waals surface area contributed by atoms with E-state index in [1.807, 2.05) is 0 Å². The molecular weight excluding hydrogens is 294 g/mol. The van der Waals surface area contributed by atoms with Crippen molar-refractivity contribution in [1.29, 1.82) is 0 Å². The third kappa shape index (κ3) is 4.76. The Labute approximate surface area is 121 Å². The molecule has 1 unspecified atom stereocenters. The highest BCUT2D eigenvalue weighted by Crippen LogP contribution is 2.38. The molecule has 0 aromatic rings. The molecule has 0 aromatic carbocycles. The van der Waals surface area contributed by atoms with Gasteiger partial charge in [0.2, 0.25) is 0 Å². The molecule has 0 aliphatic heterocycles. The molecule has 0 heterocycles. The Morgan fingerprint density at radius 1 is 1.00 bits per heavy atom. The van der Waals surface area contributed by atoms with E-state index in [0.29, 0.717) is 6.54 Å². The first-order valence-electron chi connectivity index (χ1n) is 6.86. The van der Waals surface area contributed by atoms with Gasteiger partial charge in [0.25, 0.3) is 7.63 Å². The zero-order chi connectivity index (χ0) is 14.8. The summed E-state index contributed by atoms with van der Waals surface area (Å²) in [6, 6.07) is 0.954. The topological polar surface area (TPSA) is 35.2 Å². The molecule has 6 heteroatoms. The fraction of sp³-hybridized carbons (Fsp3) is 1.00. The van der Waals surface area contributed by atoms with Crippen molar-refractivity contribution in [3.8, 4) is 0 Å². The van der Waals surface area contributed by atoms with Crippen LogP contribution in [0.15, 0.2) is 0 Å². The van der Waals surface area contributed by atoms with Crippen LogP contribution in [0.25, 0.3) is 0 Å². The maximum absolute atomic E-state index is 6.72. The van der Waals surface area contributed by atoms with E-state index in [9.17, 15) is 0 Å². The Hall–Kier alpha value is 0.861. The number of hydrogen-bond acceptors (Lipinski definition) is 2. The molecule has 0 saturated heterocycles. The van der Waals surface area contributed by atoms with E-state index in [4.69, 9.17) is 21.2 Å². The van der Waals surface area contributed by atoms with Crippen LogP contribution in [0.5, 0.6) is 0 Å². The molecule has 0 spiro atoms. The van der Waals surface area contributed by atoms with Crippen LogP contribution in [0.4, 0.5) is 0 Å². The van der Waals surface area contributed by atoms with E-state index in [2.05, 4.69) is 52.8 Å².